The molecule has 3 atom stereocenters. The van der Waals surface area contributed by atoms with Gasteiger partial charge >= 0.3 is 0 Å². The Hall–Kier alpha value is -1.51. The average Bonchev–Trinajstić information content (AvgIpc) is 3.05. The third-order valence-corrected chi connectivity index (χ3v) is 7.88. The number of nitrogens with zero attached hydrogens (tertiary/aromatic N) is 4. The number of rotatable bonds is 6. The first-order valence-electron chi connectivity index (χ1n) is 11.1. The largest absolute Gasteiger partial charge is 0.352 e. The van der Waals surface area contributed by atoms with Gasteiger partial charge in [-0.3, -0.25) is 19.3 Å². The number of imide groups is 1. The molecule has 4 rings (SSSR count). The summed E-state index contributed by atoms with van der Waals surface area (Å²) in [5.41, 5.74) is 0. The first-order valence-corrected chi connectivity index (χ1v) is 13.3. The van der Waals surface area contributed by atoms with E-state index in [1.807, 2.05) is 11.2 Å². The number of pyridine rings is 1. The number of carbonyl (C=O) groups is 3. The van der Waals surface area contributed by atoms with E-state index in [1.165, 1.54) is 4.90 Å². The summed E-state index contributed by atoms with van der Waals surface area (Å²) < 4.78 is 0. The van der Waals surface area contributed by atoms with Gasteiger partial charge in [0.15, 0.2) is 0 Å². The number of aromatic nitrogens is 1. The molecule has 174 valence electrons. The summed E-state index contributed by atoms with van der Waals surface area (Å²) in [7, 11) is 0. The van der Waals surface area contributed by atoms with Crippen molar-refractivity contribution in [2.45, 2.75) is 38.1 Å². The van der Waals surface area contributed by atoms with Gasteiger partial charge in [-0.25, -0.2) is 4.98 Å². The highest BCUT2D eigenvalue weighted by molar-refractivity contribution is 7.98. The average molecular weight is 499 g/mol. The number of piperazine rings is 1. The quantitative estimate of drug-likeness (QED) is 0.560. The smallest absolute Gasteiger partial charge is 0.246 e. The number of anilines is 1. The molecule has 2 aliphatic heterocycles. The van der Waals surface area contributed by atoms with E-state index in [2.05, 4.69) is 4.98 Å². The molecule has 0 N–H and O–H groups in total. The third-order valence-electron chi connectivity index (χ3n) is 6.75. The van der Waals surface area contributed by atoms with Crippen LogP contribution in [0.4, 0.5) is 5.82 Å². The molecule has 1 aromatic heterocycles. The second kappa shape index (κ2) is 10.2. The molecule has 1 aliphatic carbocycles. The van der Waals surface area contributed by atoms with Crippen LogP contribution in [0.15, 0.2) is 12.3 Å². The van der Waals surface area contributed by atoms with Crippen LogP contribution in [0.3, 0.4) is 0 Å². The summed E-state index contributed by atoms with van der Waals surface area (Å²) >= 11 is 13.9. The lowest BCUT2D eigenvalue weighted by Gasteiger charge is -2.38. The Kier molecular flexibility index (Phi) is 7.52. The van der Waals surface area contributed by atoms with Crippen LogP contribution in [0, 0.1) is 11.8 Å². The maximum absolute atomic E-state index is 13.5. The van der Waals surface area contributed by atoms with E-state index in [9.17, 15) is 14.4 Å². The predicted octanol–water partition coefficient (Wildman–Crippen LogP) is 3.33. The summed E-state index contributed by atoms with van der Waals surface area (Å²) in [5, 5.41) is 0.954. The zero-order chi connectivity index (χ0) is 22.8. The Labute approximate surface area is 202 Å². The van der Waals surface area contributed by atoms with E-state index in [0.717, 1.165) is 25.7 Å². The highest BCUT2D eigenvalue weighted by Gasteiger charge is 2.52. The molecule has 32 heavy (non-hydrogen) atoms. The zero-order valence-corrected chi connectivity index (χ0v) is 20.5. The summed E-state index contributed by atoms with van der Waals surface area (Å²) in [6, 6.07) is 0.947. The maximum atomic E-state index is 13.5. The van der Waals surface area contributed by atoms with Crippen LogP contribution >= 0.6 is 35.0 Å². The topological polar surface area (TPSA) is 73.8 Å². The molecule has 3 unspecified atom stereocenters. The molecule has 2 saturated heterocycles. The highest BCUT2D eigenvalue weighted by Crippen LogP contribution is 2.39. The van der Waals surface area contributed by atoms with Crippen molar-refractivity contribution in [3.05, 3.63) is 22.3 Å². The van der Waals surface area contributed by atoms with Crippen LogP contribution in [0.5, 0.6) is 0 Å². The summed E-state index contributed by atoms with van der Waals surface area (Å²) in [6.45, 7) is 2.11. The Morgan fingerprint density at radius 2 is 1.75 bits per heavy atom. The molecular formula is C22H28Cl2N4O3S. The number of carbonyl (C=O) groups excluding carboxylic acids is 3. The second-order valence-electron chi connectivity index (χ2n) is 8.61. The first-order chi connectivity index (χ1) is 15.4. The monoisotopic (exact) mass is 498 g/mol. The summed E-state index contributed by atoms with van der Waals surface area (Å²) in [5.74, 6) is 0.467. The molecule has 0 bridgehead atoms. The van der Waals surface area contributed by atoms with Crippen molar-refractivity contribution in [2.75, 3.05) is 43.1 Å². The Balaban J connectivity index is 1.47. The first kappa shape index (κ1) is 23.6. The molecule has 3 heterocycles. The predicted molar refractivity (Wildman–Crippen MR) is 127 cm³/mol. The van der Waals surface area contributed by atoms with Crippen molar-refractivity contribution in [1.29, 1.82) is 0 Å². The van der Waals surface area contributed by atoms with Gasteiger partial charge in [0, 0.05) is 32.4 Å². The number of halogens is 2. The number of hydrogen-bond donors (Lipinski definition) is 0. The fourth-order valence-electron chi connectivity index (χ4n) is 5.08. The normalized spacial score (nSPS) is 24.7. The van der Waals surface area contributed by atoms with Crippen LogP contribution in [0.2, 0.25) is 10.0 Å². The third kappa shape index (κ3) is 4.59. The van der Waals surface area contributed by atoms with E-state index in [-0.39, 0.29) is 29.6 Å². The molecule has 3 fully saturated rings. The van der Waals surface area contributed by atoms with Crippen LogP contribution in [0.1, 0.15) is 32.1 Å². The van der Waals surface area contributed by atoms with Gasteiger partial charge in [-0.1, -0.05) is 36.0 Å². The van der Waals surface area contributed by atoms with Gasteiger partial charge in [0.2, 0.25) is 17.7 Å². The van der Waals surface area contributed by atoms with Crippen molar-refractivity contribution in [3.63, 3.8) is 0 Å². The molecule has 3 aliphatic rings. The van der Waals surface area contributed by atoms with Gasteiger partial charge in [-0.2, -0.15) is 11.8 Å². The Morgan fingerprint density at radius 1 is 1.12 bits per heavy atom. The van der Waals surface area contributed by atoms with Gasteiger partial charge in [0.25, 0.3) is 0 Å². The molecule has 0 radical (unpaired) electrons. The standard InChI is InChI=1S/C22H28Cl2N4O3S/c1-32-11-6-18(28-20(29)15-4-2-3-5-16(15)21(28)30)22(31)27-9-7-26(8-10-27)19-17(24)12-14(23)13-25-19/h12-13,15-16,18H,2-11H2,1H3. The van der Waals surface area contributed by atoms with Gasteiger partial charge in [-0.15, -0.1) is 0 Å². The van der Waals surface area contributed by atoms with Crippen molar-refractivity contribution in [2.24, 2.45) is 11.8 Å². The van der Waals surface area contributed by atoms with Gasteiger partial charge < -0.3 is 9.80 Å². The van der Waals surface area contributed by atoms with Crippen LogP contribution in [0.25, 0.3) is 0 Å². The van der Waals surface area contributed by atoms with Crippen LogP contribution in [-0.4, -0.2) is 76.7 Å². The van der Waals surface area contributed by atoms with Gasteiger partial charge in [0.1, 0.15) is 11.9 Å². The van der Waals surface area contributed by atoms with Gasteiger partial charge in [0.05, 0.1) is 21.9 Å². The van der Waals surface area contributed by atoms with E-state index < -0.39 is 6.04 Å². The Morgan fingerprint density at radius 3 is 2.31 bits per heavy atom. The molecule has 7 nitrogen and oxygen atoms in total. The minimum absolute atomic E-state index is 0.130. The van der Waals surface area contributed by atoms with Crippen molar-refractivity contribution in [1.82, 2.24) is 14.8 Å². The summed E-state index contributed by atoms with van der Waals surface area (Å²) in [6.07, 6.45) is 7.47. The molecule has 0 aromatic carbocycles. The fourth-order valence-corrected chi connectivity index (χ4v) is 6.04. The van der Waals surface area contributed by atoms with E-state index >= 15 is 0 Å². The van der Waals surface area contributed by atoms with Crippen molar-refractivity contribution < 1.29 is 14.4 Å². The van der Waals surface area contributed by atoms with Crippen molar-refractivity contribution >= 4 is 58.5 Å². The van der Waals surface area contributed by atoms with E-state index in [1.54, 1.807) is 28.9 Å². The lowest BCUT2D eigenvalue weighted by molar-refractivity contribution is -0.152. The molecule has 1 saturated carbocycles. The van der Waals surface area contributed by atoms with Crippen molar-refractivity contribution in [3.8, 4) is 0 Å². The van der Waals surface area contributed by atoms with E-state index in [4.69, 9.17) is 23.2 Å². The molecule has 1 aromatic rings. The lowest BCUT2D eigenvalue weighted by Crippen LogP contribution is -2.56. The van der Waals surface area contributed by atoms with Gasteiger partial charge in [-0.05, 0) is 37.3 Å². The zero-order valence-electron chi connectivity index (χ0n) is 18.1. The number of amides is 3. The second-order valence-corrected chi connectivity index (χ2v) is 10.4. The molecule has 0 spiro atoms. The minimum atomic E-state index is -0.711. The molecular weight excluding hydrogens is 471 g/mol. The maximum Gasteiger partial charge on any atom is 0.246 e. The highest BCUT2D eigenvalue weighted by atomic mass is 35.5. The molecule has 10 heteroatoms. The molecule has 3 amide bonds. The summed E-state index contributed by atoms with van der Waals surface area (Å²) in [4.78, 5) is 49.2. The number of hydrogen-bond acceptors (Lipinski definition) is 6. The number of thioether (sulfide) groups is 1. The SMILES string of the molecule is CSCCC(C(=O)N1CCN(c2ncc(Cl)cc2Cl)CC1)N1C(=O)C2CCCCC2C1=O. The number of likely N-dealkylation sites (tertiary alicyclic amines) is 1. The number of fused-ring (bicyclic) bond motifs is 1. The fraction of sp³-hybridized carbons (Fsp3) is 0.636. The van der Waals surface area contributed by atoms with E-state index in [0.29, 0.717) is 54.2 Å². The lowest BCUT2D eigenvalue weighted by atomic mass is 9.81. The Bertz CT molecular complexity index is 870. The minimum Gasteiger partial charge on any atom is -0.352 e. The van der Waals surface area contributed by atoms with Crippen LogP contribution < -0.4 is 4.90 Å². The van der Waals surface area contributed by atoms with Crippen LogP contribution in [-0.2, 0) is 14.4 Å².